The van der Waals surface area contributed by atoms with Crippen molar-refractivity contribution in [1.82, 2.24) is 0 Å². The van der Waals surface area contributed by atoms with E-state index >= 15 is 0 Å². The molecule has 3 N–H and O–H groups in total. The van der Waals surface area contributed by atoms with Crippen molar-refractivity contribution in [1.29, 1.82) is 0 Å². The van der Waals surface area contributed by atoms with Crippen molar-refractivity contribution in [2.24, 2.45) is 17.6 Å². The van der Waals surface area contributed by atoms with Crippen LogP contribution in [0.25, 0.3) is 0 Å². The Hall–Kier alpha value is -1.26. The predicted octanol–water partition coefficient (Wildman–Crippen LogP) is 2.52. The van der Waals surface area contributed by atoms with Crippen molar-refractivity contribution in [3.8, 4) is 5.75 Å². The summed E-state index contributed by atoms with van der Waals surface area (Å²) in [5.41, 5.74) is 6.25. The third-order valence-electron chi connectivity index (χ3n) is 2.81. The van der Waals surface area contributed by atoms with E-state index in [0.717, 1.165) is 0 Å². The number of carbonyl (C=O) groups is 1. The number of carbonyl (C=O) groups excluding carboxylic acids is 1. The van der Waals surface area contributed by atoms with Crippen LogP contribution in [0.15, 0.2) is 18.2 Å². The molecular formula is C13H19ClN2O2. The van der Waals surface area contributed by atoms with Crippen LogP contribution in [-0.4, -0.2) is 19.6 Å². The number of anilines is 1. The summed E-state index contributed by atoms with van der Waals surface area (Å²) in [6.07, 6.45) is 0. The normalized spacial score (nSPS) is 12.3. The summed E-state index contributed by atoms with van der Waals surface area (Å²) >= 11 is 5.92. The van der Waals surface area contributed by atoms with E-state index in [1.807, 2.05) is 13.8 Å². The van der Waals surface area contributed by atoms with E-state index in [4.69, 9.17) is 22.1 Å². The lowest BCUT2D eigenvalue weighted by Gasteiger charge is -2.18. The average molecular weight is 271 g/mol. The highest BCUT2D eigenvalue weighted by molar-refractivity contribution is 6.32. The molecule has 1 rings (SSSR count). The van der Waals surface area contributed by atoms with Crippen molar-refractivity contribution < 1.29 is 9.53 Å². The lowest BCUT2D eigenvalue weighted by molar-refractivity contribution is -0.120. The third-order valence-corrected chi connectivity index (χ3v) is 3.13. The number of nitrogens with one attached hydrogen (secondary N) is 1. The van der Waals surface area contributed by atoms with E-state index in [1.165, 1.54) is 7.11 Å². The van der Waals surface area contributed by atoms with E-state index in [2.05, 4.69) is 5.32 Å². The molecule has 1 aromatic carbocycles. The fourth-order valence-corrected chi connectivity index (χ4v) is 1.85. The molecule has 1 atom stereocenters. The number of hydrogen-bond donors (Lipinski definition) is 2. The summed E-state index contributed by atoms with van der Waals surface area (Å²) in [6.45, 7) is 4.27. The molecule has 0 aromatic heterocycles. The van der Waals surface area contributed by atoms with Gasteiger partial charge in [-0.05, 0) is 18.1 Å². The van der Waals surface area contributed by atoms with Gasteiger partial charge in [-0.15, -0.1) is 0 Å². The first-order chi connectivity index (χ1) is 8.49. The molecule has 0 aliphatic rings. The lowest BCUT2D eigenvalue weighted by atomic mass is 9.95. The number of halogens is 1. The van der Waals surface area contributed by atoms with Gasteiger partial charge in [0.1, 0.15) is 5.75 Å². The monoisotopic (exact) mass is 270 g/mol. The van der Waals surface area contributed by atoms with Crippen molar-refractivity contribution in [2.75, 3.05) is 19.0 Å². The van der Waals surface area contributed by atoms with Crippen LogP contribution < -0.4 is 15.8 Å². The first-order valence-corrected chi connectivity index (χ1v) is 6.21. The second kappa shape index (κ2) is 6.61. The SMILES string of the molecule is COc1cc(NC(=O)C(CN)C(C)C)ccc1Cl. The highest BCUT2D eigenvalue weighted by atomic mass is 35.5. The number of methoxy groups -OCH3 is 1. The second-order valence-corrected chi connectivity index (χ2v) is 4.83. The van der Waals surface area contributed by atoms with Gasteiger partial charge < -0.3 is 15.8 Å². The third kappa shape index (κ3) is 3.62. The fourth-order valence-electron chi connectivity index (χ4n) is 1.65. The Balaban J connectivity index is 2.81. The minimum atomic E-state index is -0.202. The van der Waals surface area contributed by atoms with Crippen LogP contribution >= 0.6 is 11.6 Å². The van der Waals surface area contributed by atoms with Gasteiger partial charge in [0.2, 0.25) is 5.91 Å². The zero-order chi connectivity index (χ0) is 13.7. The largest absolute Gasteiger partial charge is 0.495 e. The zero-order valence-corrected chi connectivity index (χ0v) is 11.6. The number of amides is 1. The molecule has 0 aliphatic heterocycles. The molecule has 5 heteroatoms. The minimum Gasteiger partial charge on any atom is -0.495 e. The summed E-state index contributed by atoms with van der Waals surface area (Å²) in [5, 5.41) is 3.33. The zero-order valence-electron chi connectivity index (χ0n) is 10.9. The van der Waals surface area contributed by atoms with Gasteiger partial charge in [0.25, 0.3) is 0 Å². The second-order valence-electron chi connectivity index (χ2n) is 4.42. The van der Waals surface area contributed by atoms with Gasteiger partial charge in [-0.25, -0.2) is 0 Å². The topological polar surface area (TPSA) is 64.3 Å². The fraction of sp³-hybridized carbons (Fsp3) is 0.462. The number of rotatable bonds is 5. The predicted molar refractivity (Wildman–Crippen MR) is 74.0 cm³/mol. The molecule has 18 heavy (non-hydrogen) atoms. The van der Waals surface area contributed by atoms with Crippen LogP contribution in [-0.2, 0) is 4.79 Å². The van der Waals surface area contributed by atoms with Gasteiger partial charge in [0.15, 0.2) is 0 Å². The van der Waals surface area contributed by atoms with Crippen LogP contribution in [0.4, 0.5) is 5.69 Å². The van der Waals surface area contributed by atoms with Crippen LogP contribution in [0.5, 0.6) is 5.75 Å². The molecule has 0 aliphatic carbocycles. The van der Waals surface area contributed by atoms with E-state index in [-0.39, 0.29) is 17.7 Å². The molecule has 1 amide bonds. The molecule has 0 heterocycles. The quantitative estimate of drug-likeness (QED) is 0.864. The van der Waals surface area contributed by atoms with Crippen molar-refractivity contribution in [2.45, 2.75) is 13.8 Å². The van der Waals surface area contributed by atoms with E-state index in [0.29, 0.717) is 23.0 Å². The summed E-state index contributed by atoms with van der Waals surface area (Å²) in [5.74, 6) is 0.441. The van der Waals surface area contributed by atoms with Crippen LogP contribution in [0, 0.1) is 11.8 Å². The van der Waals surface area contributed by atoms with Gasteiger partial charge in [0.05, 0.1) is 18.1 Å². The number of hydrogen-bond acceptors (Lipinski definition) is 3. The first-order valence-electron chi connectivity index (χ1n) is 5.84. The Morgan fingerprint density at radius 3 is 2.67 bits per heavy atom. The van der Waals surface area contributed by atoms with Gasteiger partial charge in [-0.1, -0.05) is 25.4 Å². The minimum absolute atomic E-state index is 0.0862. The average Bonchev–Trinajstić information content (AvgIpc) is 2.32. The van der Waals surface area contributed by atoms with E-state index < -0.39 is 0 Å². The molecule has 0 saturated heterocycles. The number of ether oxygens (including phenoxy) is 1. The molecular weight excluding hydrogens is 252 g/mol. The summed E-state index contributed by atoms with van der Waals surface area (Å²) < 4.78 is 5.09. The van der Waals surface area contributed by atoms with Crippen LogP contribution in [0.2, 0.25) is 5.02 Å². The van der Waals surface area contributed by atoms with Crippen molar-refractivity contribution >= 4 is 23.2 Å². The Labute approximate surface area is 112 Å². The summed E-state index contributed by atoms with van der Waals surface area (Å²) in [7, 11) is 1.53. The molecule has 1 aromatic rings. The van der Waals surface area contributed by atoms with Gasteiger partial charge in [-0.3, -0.25) is 4.79 Å². The van der Waals surface area contributed by atoms with E-state index in [1.54, 1.807) is 18.2 Å². The van der Waals surface area contributed by atoms with Gasteiger partial charge in [-0.2, -0.15) is 0 Å². The van der Waals surface area contributed by atoms with Gasteiger partial charge >= 0.3 is 0 Å². The molecule has 1 unspecified atom stereocenters. The first kappa shape index (κ1) is 14.8. The molecule has 4 nitrogen and oxygen atoms in total. The smallest absolute Gasteiger partial charge is 0.229 e. The highest BCUT2D eigenvalue weighted by Gasteiger charge is 2.20. The van der Waals surface area contributed by atoms with Gasteiger partial charge in [0, 0.05) is 18.3 Å². The van der Waals surface area contributed by atoms with Crippen molar-refractivity contribution in [3.63, 3.8) is 0 Å². The maximum absolute atomic E-state index is 12.0. The summed E-state index contributed by atoms with van der Waals surface area (Å²) in [6, 6.07) is 5.10. The Bertz CT molecular complexity index is 421. The Morgan fingerprint density at radius 1 is 1.50 bits per heavy atom. The number of nitrogens with two attached hydrogens (primary N) is 1. The maximum Gasteiger partial charge on any atom is 0.229 e. The van der Waals surface area contributed by atoms with E-state index in [9.17, 15) is 4.79 Å². The lowest BCUT2D eigenvalue weighted by Crippen LogP contribution is -2.33. The maximum atomic E-state index is 12.0. The molecule has 0 spiro atoms. The molecule has 100 valence electrons. The molecule has 0 fully saturated rings. The number of benzene rings is 1. The van der Waals surface area contributed by atoms with Crippen LogP contribution in [0.3, 0.4) is 0 Å². The standard InChI is InChI=1S/C13H19ClN2O2/c1-8(2)10(7-15)13(17)16-9-4-5-11(14)12(6-9)18-3/h4-6,8,10H,7,15H2,1-3H3,(H,16,17). The molecule has 0 radical (unpaired) electrons. The molecule has 0 bridgehead atoms. The Morgan fingerprint density at radius 2 is 2.17 bits per heavy atom. The van der Waals surface area contributed by atoms with Crippen LogP contribution in [0.1, 0.15) is 13.8 Å². The van der Waals surface area contributed by atoms with Crippen molar-refractivity contribution in [3.05, 3.63) is 23.2 Å². The summed E-state index contributed by atoms with van der Waals surface area (Å²) in [4.78, 5) is 12.0. The molecule has 0 saturated carbocycles. The highest BCUT2D eigenvalue weighted by Crippen LogP contribution is 2.27. The Kier molecular flexibility index (Phi) is 5.44.